The molecule has 0 aromatic carbocycles. The van der Waals surface area contributed by atoms with Crippen LogP contribution in [0.5, 0.6) is 0 Å². The van der Waals surface area contributed by atoms with Crippen molar-refractivity contribution in [3.05, 3.63) is 0 Å². The molecule has 0 radical (unpaired) electrons. The SMILES string of the molecule is CC(C)C[C@H](NC(=O)[C@@H](N)C(C)C)C(=O)N[C@@H](CC(=O)O)C(=O)N1CCC[C@H]1C(=O)N[C@@H](CCCCN)C(=O)O. The van der Waals surface area contributed by atoms with E-state index in [9.17, 15) is 39.0 Å². The Balaban J connectivity index is 3.08. The molecule has 40 heavy (non-hydrogen) atoms. The number of nitrogens with zero attached hydrogens (tertiary/aromatic N) is 1. The molecule has 0 saturated carbocycles. The number of carbonyl (C=O) groups excluding carboxylic acids is 4. The first-order valence-electron chi connectivity index (χ1n) is 13.8. The fourth-order valence-electron chi connectivity index (χ4n) is 4.44. The number of rotatable bonds is 17. The van der Waals surface area contributed by atoms with Crippen LogP contribution in [0.25, 0.3) is 0 Å². The predicted octanol–water partition coefficient (Wildman–Crippen LogP) is -0.850. The lowest BCUT2D eigenvalue weighted by Gasteiger charge is -2.30. The minimum absolute atomic E-state index is 0.0290. The molecule has 14 nitrogen and oxygen atoms in total. The highest BCUT2D eigenvalue weighted by molar-refractivity contribution is 5.97. The first-order chi connectivity index (χ1) is 18.7. The highest BCUT2D eigenvalue weighted by atomic mass is 16.4. The lowest BCUT2D eigenvalue weighted by Crippen LogP contribution is -2.59. The summed E-state index contributed by atoms with van der Waals surface area (Å²) in [6.07, 6.45) is 1.39. The van der Waals surface area contributed by atoms with E-state index in [4.69, 9.17) is 11.5 Å². The molecule has 0 aromatic rings. The molecule has 1 rings (SSSR count). The maximum absolute atomic E-state index is 13.5. The number of hydrogen-bond donors (Lipinski definition) is 7. The zero-order chi connectivity index (χ0) is 30.6. The quantitative estimate of drug-likeness (QED) is 0.107. The summed E-state index contributed by atoms with van der Waals surface area (Å²) in [4.78, 5) is 76.6. The van der Waals surface area contributed by atoms with Gasteiger partial charge in [0.2, 0.25) is 23.6 Å². The Hall–Kier alpha value is -3.26. The Kier molecular flexibility index (Phi) is 14.6. The predicted molar refractivity (Wildman–Crippen MR) is 146 cm³/mol. The van der Waals surface area contributed by atoms with Gasteiger partial charge in [0.15, 0.2) is 0 Å². The highest BCUT2D eigenvalue weighted by Gasteiger charge is 2.40. The van der Waals surface area contributed by atoms with Crippen molar-refractivity contribution in [3.63, 3.8) is 0 Å². The van der Waals surface area contributed by atoms with Crippen molar-refractivity contribution in [2.24, 2.45) is 23.3 Å². The maximum Gasteiger partial charge on any atom is 0.326 e. The average Bonchev–Trinajstić information content (AvgIpc) is 3.35. The number of carboxylic acid groups (broad SMARTS) is 2. The maximum atomic E-state index is 13.5. The van der Waals surface area contributed by atoms with Crippen LogP contribution in [-0.4, -0.2) is 94.0 Å². The van der Waals surface area contributed by atoms with Gasteiger partial charge in [0.1, 0.15) is 24.2 Å². The van der Waals surface area contributed by atoms with Gasteiger partial charge in [0, 0.05) is 6.54 Å². The van der Waals surface area contributed by atoms with Gasteiger partial charge >= 0.3 is 11.9 Å². The topological polar surface area (TPSA) is 234 Å². The summed E-state index contributed by atoms with van der Waals surface area (Å²) in [7, 11) is 0. The summed E-state index contributed by atoms with van der Waals surface area (Å²) in [6.45, 7) is 7.69. The molecule has 14 heteroatoms. The second kappa shape index (κ2) is 16.8. The number of carboxylic acids is 2. The summed E-state index contributed by atoms with van der Waals surface area (Å²) in [5.41, 5.74) is 11.4. The third kappa shape index (κ3) is 11.1. The molecule has 0 unspecified atom stereocenters. The Labute approximate surface area is 235 Å². The van der Waals surface area contributed by atoms with Crippen molar-refractivity contribution in [2.45, 2.75) is 103 Å². The molecule has 1 saturated heterocycles. The van der Waals surface area contributed by atoms with Crippen LogP contribution >= 0.6 is 0 Å². The van der Waals surface area contributed by atoms with E-state index in [-0.39, 0.29) is 37.6 Å². The number of nitrogens with two attached hydrogens (primary N) is 2. The summed E-state index contributed by atoms with van der Waals surface area (Å²) >= 11 is 0. The lowest BCUT2D eigenvalue weighted by atomic mass is 10.00. The molecular weight excluding hydrogens is 524 g/mol. The minimum Gasteiger partial charge on any atom is -0.481 e. The number of aliphatic carboxylic acids is 2. The standard InChI is InChI=1S/C26H46N6O8/c1-14(2)12-17(30-24(37)21(28)15(3)4)22(35)31-18(13-20(33)34)25(38)32-11-7-9-19(32)23(36)29-16(26(39)40)8-5-6-10-27/h14-19,21H,5-13,27-28H2,1-4H3,(H,29,36)(H,30,37)(H,31,35)(H,33,34)(H,39,40)/t16-,17-,18-,19-,21-/m0/s1. The molecule has 0 bridgehead atoms. The molecular formula is C26H46N6O8. The van der Waals surface area contributed by atoms with Crippen molar-refractivity contribution < 1.29 is 39.0 Å². The summed E-state index contributed by atoms with van der Waals surface area (Å²) < 4.78 is 0. The molecule has 9 N–H and O–H groups in total. The van der Waals surface area contributed by atoms with Crippen LogP contribution in [0.3, 0.4) is 0 Å². The summed E-state index contributed by atoms with van der Waals surface area (Å²) in [5, 5.41) is 26.5. The van der Waals surface area contributed by atoms with Crippen LogP contribution < -0.4 is 27.4 Å². The molecule has 0 spiro atoms. The number of hydrogen-bond acceptors (Lipinski definition) is 8. The second-order valence-corrected chi connectivity index (χ2v) is 11.0. The van der Waals surface area contributed by atoms with Gasteiger partial charge in [-0.2, -0.15) is 0 Å². The Morgan fingerprint density at radius 2 is 1.52 bits per heavy atom. The fourth-order valence-corrected chi connectivity index (χ4v) is 4.44. The van der Waals surface area contributed by atoms with Crippen LogP contribution in [0.1, 0.15) is 72.6 Å². The van der Waals surface area contributed by atoms with Gasteiger partial charge in [-0.15, -0.1) is 0 Å². The second-order valence-electron chi connectivity index (χ2n) is 11.0. The van der Waals surface area contributed by atoms with Gasteiger partial charge < -0.3 is 42.5 Å². The number of unbranched alkanes of at least 4 members (excludes halogenated alkanes) is 1. The lowest BCUT2D eigenvalue weighted by molar-refractivity contribution is -0.147. The monoisotopic (exact) mass is 570 g/mol. The van der Waals surface area contributed by atoms with E-state index < -0.39 is 72.2 Å². The molecule has 4 amide bonds. The number of carbonyl (C=O) groups is 6. The molecule has 1 fully saturated rings. The van der Waals surface area contributed by atoms with E-state index in [2.05, 4.69) is 16.0 Å². The van der Waals surface area contributed by atoms with Crippen LogP contribution in [0, 0.1) is 11.8 Å². The van der Waals surface area contributed by atoms with Crippen LogP contribution in [0.4, 0.5) is 0 Å². The van der Waals surface area contributed by atoms with Gasteiger partial charge in [-0.1, -0.05) is 27.7 Å². The van der Waals surface area contributed by atoms with Crippen molar-refractivity contribution in [1.82, 2.24) is 20.9 Å². The molecule has 228 valence electrons. The molecule has 0 aromatic heterocycles. The average molecular weight is 571 g/mol. The van der Waals surface area contributed by atoms with Crippen LogP contribution in [-0.2, 0) is 28.8 Å². The molecule has 5 atom stereocenters. The van der Waals surface area contributed by atoms with E-state index in [1.807, 2.05) is 13.8 Å². The molecule has 1 heterocycles. The normalized spacial score (nSPS) is 18.1. The zero-order valence-corrected chi connectivity index (χ0v) is 23.9. The first kappa shape index (κ1) is 34.8. The fraction of sp³-hybridized carbons (Fsp3) is 0.769. The van der Waals surface area contributed by atoms with Gasteiger partial charge in [-0.25, -0.2) is 4.79 Å². The van der Waals surface area contributed by atoms with Gasteiger partial charge in [-0.05, 0) is 56.9 Å². The number of amides is 4. The van der Waals surface area contributed by atoms with Gasteiger partial charge in [0.25, 0.3) is 0 Å². The van der Waals surface area contributed by atoms with Gasteiger partial charge in [0.05, 0.1) is 12.5 Å². The van der Waals surface area contributed by atoms with Crippen molar-refractivity contribution in [1.29, 1.82) is 0 Å². The first-order valence-corrected chi connectivity index (χ1v) is 13.8. The van der Waals surface area contributed by atoms with E-state index in [0.717, 1.165) is 0 Å². The molecule has 1 aliphatic heterocycles. The number of nitrogens with one attached hydrogen (secondary N) is 3. The van der Waals surface area contributed by atoms with Crippen molar-refractivity contribution in [3.8, 4) is 0 Å². The Bertz CT molecular complexity index is 912. The third-order valence-electron chi connectivity index (χ3n) is 6.75. The van der Waals surface area contributed by atoms with Crippen LogP contribution in [0.2, 0.25) is 0 Å². The van der Waals surface area contributed by atoms with E-state index >= 15 is 0 Å². The Morgan fingerprint density at radius 3 is 2.05 bits per heavy atom. The number of likely N-dealkylation sites (tertiary alicyclic amines) is 1. The largest absolute Gasteiger partial charge is 0.481 e. The minimum atomic E-state index is -1.51. The third-order valence-corrected chi connectivity index (χ3v) is 6.75. The van der Waals surface area contributed by atoms with Gasteiger partial charge in [-0.3, -0.25) is 24.0 Å². The van der Waals surface area contributed by atoms with Crippen molar-refractivity contribution >= 4 is 35.6 Å². The highest BCUT2D eigenvalue weighted by Crippen LogP contribution is 2.20. The summed E-state index contributed by atoms with van der Waals surface area (Å²) in [5.74, 6) is -5.53. The zero-order valence-electron chi connectivity index (χ0n) is 23.9. The van der Waals surface area contributed by atoms with Crippen LogP contribution in [0.15, 0.2) is 0 Å². The summed E-state index contributed by atoms with van der Waals surface area (Å²) in [6, 6.07) is -5.63. The van der Waals surface area contributed by atoms with E-state index in [1.165, 1.54) is 4.90 Å². The molecule has 1 aliphatic rings. The smallest absolute Gasteiger partial charge is 0.326 e. The van der Waals surface area contributed by atoms with E-state index in [0.29, 0.717) is 25.8 Å². The Morgan fingerprint density at radius 1 is 0.900 bits per heavy atom. The molecule has 0 aliphatic carbocycles. The van der Waals surface area contributed by atoms with Crippen molar-refractivity contribution in [2.75, 3.05) is 13.1 Å². The van der Waals surface area contributed by atoms with E-state index in [1.54, 1.807) is 13.8 Å².